The van der Waals surface area contributed by atoms with Crippen LogP contribution in [0.3, 0.4) is 0 Å². The Balaban J connectivity index is 2.83. The summed E-state index contributed by atoms with van der Waals surface area (Å²) in [5.74, 6) is 0.459. The van der Waals surface area contributed by atoms with E-state index in [-0.39, 0.29) is 11.7 Å². The van der Waals surface area contributed by atoms with Crippen LogP contribution < -0.4 is 0 Å². The van der Waals surface area contributed by atoms with Gasteiger partial charge in [-0.1, -0.05) is 59.3 Å². The number of hydrogen-bond acceptors (Lipinski definition) is 1. The second kappa shape index (κ2) is 5.49. The molecule has 1 unspecified atom stereocenters. The first-order valence-corrected chi connectivity index (χ1v) is 6.38. The lowest BCUT2D eigenvalue weighted by molar-refractivity contribution is 0.0931. The highest BCUT2D eigenvalue weighted by molar-refractivity contribution is 14.1. The number of alkyl halides is 1. The summed E-state index contributed by atoms with van der Waals surface area (Å²) in [5, 5.41) is 0. The molecule has 0 aromatic heterocycles. The minimum absolute atomic E-state index is 0.179. The monoisotopic (exact) mass is 302 g/mol. The number of aryl methyl sites for hydroxylation is 1. The van der Waals surface area contributed by atoms with Crippen molar-refractivity contribution in [2.75, 3.05) is 4.43 Å². The molecular formula is C12H15IO. The zero-order valence-corrected chi connectivity index (χ0v) is 10.7. The molecule has 0 N–H and O–H groups in total. The second-order valence-corrected chi connectivity index (χ2v) is 4.37. The Morgan fingerprint density at radius 2 is 1.93 bits per heavy atom. The number of halogens is 1. The summed E-state index contributed by atoms with van der Waals surface area (Å²) in [4.78, 5) is 11.9. The molecule has 0 bridgehead atoms. The molecule has 1 aromatic rings. The average Bonchev–Trinajstić information content (AvgIpc) is 2.20. The van der Waals surface area contributed by atoms with Gasteiger partial charge in [0.05, 0.1) is 0 Å². The Hall–Kier alpha value is -0.380. The van der Waals surface area contributed by atoms with E-state index in [0.717, 1.165) is 16.4 Å². The van der Waals surface area contributed by atoms with Crippen molar-refractivity contribution in [1.82, 2.24) is 0 Å². The molecule has 1 aromatic carbocycles. The molecule has 0 aliphatic heterocycles. The van der Waals surface area contributed by atoms with Crippen molar-refractivity contribution in [3.8, 4) is 0 Å². The van der Waals surface area contributed by atoms with Crippen molar-refractivity contribution in [2.24, 2.45) is 5.92 Å². The zero-order valence-electron chi connectivity index (χ0n) is 8.59. The van der Waals surface area contributed by atoms with Crippen molar-refractivity contribution in [1.29, 1.82) is 0 Å². The predicted octanol–water partition coefficient (Wildman–Crippen LogP) is 3.64. The maximum Gasteiger partial charge on any atom is 0.166 e. The van der Waals surface area contributed by atoms with E-state index in [9.17, 15) is 4.79 Å². The van der Waals surface area contributed by atoms with Gasteiger partial charge in [-0.2, -0.15) is 0 Å². The Morgan fingerprint density at radius 3 is 2.36 bits per heavy atom. The maximum absolute atomic E-state index is 11.9. The molecule has 0 spiro atoms. The highest BCUT2D eigenvalue weighted by Crippen LogP contribution is 2.15. The normalized spacial score (nSPS) is 12.5. The first kappa shape index (κ1) is 11.7. The van der Waals surface area contributed by atoms with Crippen LogP contribution in [-0.2, 0) is 0 Å². The summed E-state index contributed by atoms with van der Waals surface area (Å²) >= 11 is 2.28. The van der Waals surface area contributed by atoms with Gasteiger partial charge in [0, 0.05) is 15.9 Å². The molecule has 0 heterocycles. The fourth-order valence-electron chi connectivity index (χ4n) is 1.32. The molecule has 0 saturated carbocycles. The van der Waals surface area contributed by atoms with E-state index in [4.69, 9.17) is 0 Å². The number of carbonyl (C=O) groups is 1. The van der Waals surface area contributed by atoms with E-state index >= 15 is 0 Å². The molecule has 1 rings (SSSR count). The summed E-state index contributed by atoms with van der Waals surface area (Å²) in [5.41, 5.74) is 2.04. The van der Waals surface area contributed by atoms with Crippen LogP contribution in [0.2, 0.25) is 0 Å². The number of ketones is 1. The predicted molar refractivity (Wildman–Crippen MR) is 68.2 cm³/mol. The molecule has 1 atom stereocenters. The fraction of sp³-hybridized carbons (Fsp3) is 0.417. The molecular weight excluding hydrogens is 287 g/mol. The number of hydrogen-bond donors (Lipinski definition) is 0. The smallest absolute Gasteiger partial charge is 0.166 e. The highest BCUT2D eigenvalue weighted by atomic mass is 127. The van der Waals surface area contributed by atoms with Crippen molar-refractivity contribution in [2.45, 2.75) is 20.3 Å². The van der Waals surface area contributed by atoms with Crippen LogP contribution in [-0.4, -0.2) is 10.2 Å². The Kier molecular flexibility index (Phi) is 4.58. The largest absolute Gasteiger partial charge is 0.294 e. The van der Waals surface area contributed by atoms with Crippen LogP contribution in [0.5, 0.6) is 0 Å². The first-order chi connectivity index (χ1) is 6.69. The molecule has 2 heteroatoms. The van der Waals surface area contributed by atoms with Crippen molar-refractivity contribution in [3.63, 3.8) is 0 Å². The minimum atomic E-state index is 0.179. The quantitative estimate of drug-likeness (QED) is 0.471. The minimum Gasteiger partial charge on any atom is -0.294 e. The number of rotatable bonds is 4. The Bertz CT molecular complexity index is 299. The molecule has 0 saturated heterocycles. The summed E-state index contributed by atoms with van der Waals surface area (Å²) in [6, 6.07) is 7.83. The van der Waals surface area contributed by atoms with Crippen LogP contribution in [0.15, 0.2) is 24.3 Å². The van der Waals surface area contributed by atoms with Gasteiger partial charge in [-0.05, 0) is 13.3 Å². The molecule has 0 aliphatic rings. The van der Waals surface area contributed by atoms with E-state index in [2.05, 4.69) is 29.5 Å². The SMILES string of the molecule is CCC(CI)C(=O)c1ccc(C)cc1. The van der Waals surface area contributed by atoms with Gasteiger partial charge in [0.1, 0.15) is 0 Å². The number of Topliss-reactive ketones (excluding diaryl/α,β-unsaturated/α-hetero) is 1. The standard InChI is InChI=1S/C12H15IO/c1-3-10(8-13)12(14)11-6-4-9(2)5-7-11/h4-7,10H,3,8H2,1-2H3. The zero-order chi connectivity index (χ0) is 10.6. The second-order valence-electron chi connectivity index (χ2n) is 3.49. The van der Waals surface area contributed by atoms with Crippen LogP contribution in [0.25, 0.3) is 0 Å². The van der Waals surface area contributed by atoms with Crippen LogP contribution in [0, 0.1) is 12.8 Å². The molecule has 1 nitrogen and oxygen atoms in total. The highest BCUT2D eigenvalue weighted by Gasteiger charge is 2.16. The molecule has 0 radical (unpaired) electrons. The average molecular weight is 302 g/mol. The van der Waals surface area contributed by atoms with Crippen molar-refractivity contribution < 1.29 is 4.79 Å². The number of carbonyl (C=O) groups excluding carboxylic acids is 1. The third-order valence-corrected chi connectivity index (χ3v) is 3.45. The fourth-order valence-corrected chi connectivity index (χ4v) is 2.34. The van der Waals surface area contributed by atoms with E-state index < -0.39 is 0 Å². The lowest BCUT2D eigenvalue weighted by Crippen LogP contribution is -2.15. The van der Waals surface area contributed by atoms with Gasteiger partial charge >= 0.3 is 0 Å². The molecule has 0 fully saturated rings. The molecule has 0 amide bonds. The number of benzene rings is 1. The van der Waals surface area contributed by atoms with Gasteiger partial charge in [-0.3, -0.25) is 4.79 Å². The lowest BCUT2D eigenvalue weighted by Gasteiger charge is -2.09. The van der Waals surface area contributed by atoms with Crippen molar-refractivity contribution in [3.05, 3.63) is 35.4 Å². The van der Waals surface area contributed by atoms with E-state index in [1.807, 2.05) is 31.2 Å². The van der Waals surface area contributed by atoms with E-state index in [0.29, 0.717) is 0 Å². The van der Waals surface area contributed by atoms with E-state index in [1.54, 1.807) is 0 Å². The third kappa shape index (κ3) is 2.80. The third-order valence-electron chi connectivity index (χ3n) is 2.39. The Morgan fingerprint density at radius 1 is 1.36 bits per heavy atom. The maximum atomic E-state index is 11.9. The van der Waals surface area contributed by atoms with Crippen LogP contribution in [0.4, 0.5) is 0 Å². The molecule has 0 aliphatic carbocycles. The molecule has 14 heavy (non-hydrogen) atoms. The Labute approximate surface area is 99.0 Å². The first-order valence-electron chi connectivity index (χ1n) is 4.86. The van der Waals surface area contributed by atoms with Gasteiger partial charge in [-0.15, -0.1) is 0 Å². The van der Waals surface area contributed by atoms with Crippen LogP contribution >= 0.6 is 22.6 Å². The van der Waals surface area contributed by atoms with E-state index in [1.165, 1.54) is 5.56 Å². The summed E-state index contributed by atoms with van der Waals surface area (Å²) in [7, 11) is 0. The summed E-state index contributed by atoms with van der Waals surface area (Å²) in [6.07, 6.45) is 0.926. The summed E-state index contributed by atoms with van der Waals surface area (Å²) in [6.45, 7) is 4.10. The van der Waals surface area contributed by atoms with Gasteiger partial charge in [-0.25, -0.2) is 0 Å². The summed E-state index contributed by atoms with van der Waals surface area (Å²) < 4.78 is 0.904. The van der Waals surface area contributed by atoms with Gasteiger partial charge < -0.3 is 0 Å². The molecule has 76 valence electrons. The van der Waals surface area contributed by atoms with Crippen LogP contribution in [0.1, 0.15) is 29.3 Å². The van der Waals surface area contributed by atoms with Gasteiger partial charge in [0.2, 0.25) is 0 Å². The lowest BCUT2D eigenvalue weighted by atomic mass is 9.97. The van der Waals surface area contributed by atoms with Crippen molar-refractivity contribution >= 4 is 28.4 Å². The van der Waals surface area contributed by atoms with Gasteiger partial charge in [0.25, 0.3) is 0 Å². The van der Waals surface area contributed by atoms with Gasteiger partial charge in [0.15, 0.2) is 5.78 Å². The topological polar surface area (TPSA) is 17.1 Å².